The van der Waals surface area contributed by atoms with E-state index in [2.05, 4.69) is 23.8 Å². The van der Waals surface area contributed by atoms with Crippen molar-refractivity contribution in [2.45, 2.75) is 18.3 Å². The number of nitrogens with two attached hydrogens (primary N) is 1. The Labute approximate surface area is 164 Å². The summed E-state index contributed by atoms with van der Waals surface area (Å²) in [5, 5.41) is 34.7. The normalized spacial score (nSPS) is 13.9. The molecular formula is C17H32N4O7. The van der Waals surface area contributed by atoms with E-state index in [1.807, 2.05) is 0 Å². The number of hydrogen-bond donors (Lipinski definition) is 6. The van der Waals surface area contributed by atoms with Crippen LogP contribution in [0.4, 0.5) is 9.59 Å². The molecule has 0 bridgehead atoms. The number of aliphatic hydroxyl groups is 3. The fraction of sp³-hybridized carbons (Fsp3) is 0.647. The second-order valence-corrected chi connectivity index (χ2v) is 5.95. The first kappa shape index (κ1) is 25.8. The van der Waals surface area contributed by atoms with Gasteiger partial charge < -0.3 is 41.2 Å². The van der Waals surface area contributed by atoms with E-state index in [-0.39, 0.29) is 52.5 Å². The van der Waals surface area contributed by atoms with Gasteiger partial charge in [-0.05, 0) is 0 Å². The smallest absolute Gasteiger partial charge is 0.407 e. The van der Waals surface area contributed by atoms with Gasteiger partial charge in [0.15, 0.2) is 0 Å². The number of ether oxygens (including phenoxy) is 2. The van der Waals surface area contributed by atoms with E-state index in [4.69, 9.17) is 15.2 Å². The first-order valence-corrected chi connectivity index (χ1v) is 8.81. The molecule has 0 saturated carbocycles. The lowest BCUT2D eigenvalue weighted by atomic mass is 10.2. The third-order valence-corrected chi connectivity index (χ3v) is 3.31. The molecule has 0 radical (unpaired) electrons. The minimum atomic E-state index is -0.987. The van der Waals surface area contributed by atoms with Gasteiger partial charge in [-0.1, -0.05) is 25.3 Å². The van der Waals surface area contributed by atoms with Gasteiger partial charge in [0.2, 0.25) is 0 Å². The molecule has 0 fully saturated rings. The Morgan fingerprint density at radius 3 is 1.64 bits per heavy atom. The zero-order chi connectivity index (χ0) is 21.4. The van der Waals surface area contributed by atoms with Gasteiger partial charge in [-0.25, -0.2) is 9.59 Å². The maximum absolute atomic E-state index is 11.4. The Balaban J connectivity index is 4.46. The summed E-state index contributed by atoms with van der Waals surface area (Å²) in [4.78, 5) is 24.3. The van der Waals surface area contributed by atoms with Gasteiger partial charge >= 0.3 is 12.2 Å². The van der Waals surface area contributed by atoms with Crippen molar-refractivity contribution in [3.05, 3.63) is 25.3 Å². The molecule has 0 heterocycles. The fourth-order valence-electron chi connectivity index (χ4n) is 2.09. The lowest BCUT2D eigenvalue weighted by Crippen LogP contribution is -2.48. The molecule has 162 valence electrons. The van der Waals surface area contributed by atoms with Crippen molar-refractivity contribution in [1.29, 1.82) is 0 Å². The van der Waals surface area contributed by atoms with Crippen molar-refractivity contribution in [3.8, 4) is 0 Å². The minimum absolute atomic E-state index is 0.000941. The minimum Gasteiger partial charge on any atom is -0.445 e. The predicted molar refractivity (Wildman–Crippen MR) is 103 cm³/mol. The van der Waals surface area contributed by atoms with E-state index >= 15 is 0 Å². The second kappa shape index (κ2) is 15.8. The number of hydrogen-bond acceptors (Lipinski definition) is 9. The van der Waals surface area contributed by atoms with Crippen molar-refractivity contribution in [2.75, 3.05) is 52.5 Å². The van der Waals surface area contributed by atoms with E-state index in [0.717, 1.165) is 0 Å². The van der Waals surface area contributed by atoms with Crippen LogP contribution in [0, 0.1) is 0 Å². The van der Waals surface area contributed by atoms with Gasteiger partial charge in [0.25, 0.3) is 0 Å². The number of carbonyl (C=O) groups is 2. The molecule has 0 aromatic heterocycles. The van der Waals surface area contributed by atoms with Crippen LogP contribution in [0.3, 0.4) is 0 Å². The van der Waals surface area contributed by atoms with Crippen LogP contribution < -0.4 is 16.4 Å². The molecule has 11 nitrogen and oxygen atoms in total. The number of alkyl carbamates (subject to hydrolysis) is 2. The van der Waals surface area contributed by atoms with Gasteiger partial charge in [-0.15, -0.1) is 0 Å². The van der Waals surface area contributed by atoms with Crippen LogP contribution in [0.2, 0.25) is 0 Å². The average Bonchev–Trinajstić information content (AvgIpc) is 2.67. The molecule has 0 aromatic carbocycles. The zero-order valence-corrected chi connectivity index (χ0v) is 16.0. The van der Waals surface area contributed by atoms with Gasteiger partial charge in [-0.3, -0.25) is 4.90 Å². The molecule has 7 N–H and O–H groups in total. The molecule has 0 aliphatic carbocycles. The van der Waals surface area contributed by atoms with Crippen LogP contribution >= 0.6 is 0 Å². The van der Waals surface area contributed by atoms with Crippen molar-refractivity contribution in [1.82, 2.24) is 15.5 Å². The Bertz CT molecular complexity index is 442. The van der Waals surface area contributed by atoms with Gasteiger partial charge in [0.1, 0.15) is 13.2 Å². The summed E-state index contributed by atoms with van der Waals surface area (Å²) >= 11 is 0. The Hall–Kier alpha value is -2.18. The molecule has 0 unspecified atom stereocenters. The number of nitrogens with zero attached hydrogens (tertiary/aromatic N) is 1. The first-order chi connectivity index (χ1) is 13.3. The Morgan fingerprint density at radius 2 is 1.29 bits per heavy atom. The van der Waals surface area contributed by atoms with E-state index in [1.54, 1.807) is 4.90 Å². The molecule has 0 spiro atoms. The predicted octanol–water partition coefficient (Wildman–Crippen LogP) is -1.85. The molecule has 0 saturated heterocycles. The maximum atomic E-state index is 11.4. The van der Waals surface area contributed by atoms with Crippen molar-refractivity contribution >= 4 is 12.2 Å². The van der Waals surface area contributed by atoms with Crippen molar-refractivity contribution in [2.24, 2.45) is 5.73 Å². The molecule has 11 heteroatoms. The van der Waals surface area contributed by atoms with Crippen molar-refractivity contribution < 1.29 is 34.4 Å². The first-order valence-electron chi connectivity index (χ1n) is 8.81. The van der Waals surface area contributed by atoms with Crippen LogP contribution in [-0.2, 0) is 9.47 Å². The van der Waals surface area contributed by atoms with Gasteiger partial charge in [0.05, 0.1) is 18.3 Å². The van der Waals surface area contributed by atoms with Crippen LogP contribution in [-0.4, -0.2) is 103 Å². The van der Waals surface area contributed by atoms with Gasteiger partial charge in [0, 0.05) is 39.3 Å². The maximum Gasteiger partial charge on any atom is 0.407 e. The molecule has 2 amide bonds. The third kappa shape index (κ3) is 13.9. The number of nitrogens with one attached hydrogen (secondary N) is 2. The summed E-state index contributed by atoms with van der Waals surface area (Å²) in [5.74, 6) is 0. The van der Waals surface area contributed by atoms with Crippen LogP contribution in [0.5, 0.6) is 0 Å². The van der Waals surface area contributed by atoms with Crippen LogP contribution in [0.1, 0.15) is 0 Å². The molecule has 28 heavy (non-hydrogen) atoms. The third-order valence-electron chi connectivity index (χ3n) is 3.31. The molecule has 0 aliphatic heterocycles. The fourth-order valence-corrected chi connectivity index (χ4v) is 2.09. The summed E-state index contributed by atoms with van der Waals surface area (Å²) < 4.78 is 9.46. The molecule has 0 aliphatic rings. The van der Waals surface area contributed by atoms with Crippen molar-refractivity contribution in [3.63, 3.8) is 0 Å². The monoisotopic (exact) mass is 404 g/mol. The van der Waals surface area contributed by atoms with Crippen LogP contribution in [0.15, 0.2) is 25.3 Å². The second-order valence-electron chi connectivity index (χ2n) is 5.95. The molecular weight excluding hydrogens is 372 g/mol. The van der Waals surface area contributed by atoms with E-state index < -0.39 is 30.5 Å². The average molecular weight is 404 g/mol. The zero-order valence-electron chi connectivity index (χ0n) is 16.0. The summed E-state index contributed by atoms with van der Waals surface area (Å²) in [6, 6.07) is 0. The highest BCUT2D eigenvalue weighted by molar-refractivity contribution is 5.67. The standard InChI is InChI=1S/C17H32N4O7/c1-3-5-27-16(25)19-8-14(23)11-21(10-13(22)7-18)12-15(24)9-20-17(26)28-6-4-2/h3-4,13-15,22-24H,1-2,5-12,18H2,(H,19,25)(H,20,26)/t13-,14-,15-/m1/s1. The topological polar surface area (TPSA) is 167 Å². The quantitative estimate of drug-likeness (QED) is 0.172. The van der Waals surface area contributed by atoms with Gasteiger partial charge in [-0.2, -0.15) is 0 Å². The number of rotatable bonds is 15. The van der Waals surface area contributed by atoms with Crippen LogP contribution in [0.25, 0.3) is 0 Å². The SMILES string of the molecule is C=CCOC(=O)NC[C@@H](O)CN(C[C@H](O)CN)C[C@H](O)CNC(=O)OCC=C. The van der Waals surface area contributed by atoms with E-state index in [0.29, 0.717) is 0 Å². The lowest BCUT2D eigenvalue weighted by molar-refractivity contribution is 0.0396. The number of amides is 2. The summed E-state index contributed by atoms with van der Waals surface area (Å²) in [7, 11) is 0. The number of aliphatic hydroxyl groups excluding tert-OH is 3. The molecule has 0 aromatic rings. The summed E-state index contributed by atoms with van der Waals surface area (Å²) in [5.41, 5.74) is 5.41. The Morgan fingerprint density at radius 1 is 0.893 bits per heavy atom. The Kier molecular flexibility index (Phi) is 14.6. The highest BCUT2D eigenvalue weighted by atomic mass is 16.6. The number of carbonyl (C=O) groups excluding carboxylic acids is 2. The largest absolute Gasteiger partial charge is 0.445 e. The summed E-state index contributed by atoms with van der Waals surface area (Å²) in [6.45, 7) is 6.91. The van der Waals surface area contributed by atoms with E-state index in [9.17, 15) is 24.9 Å². The summed E-state index contributed by atoms with van der Waals surface area (Å²) in [6.07, 6.45) is -1.42. The highest BCUT2D eigenvalue weighted by Crippen LogP contribution is 1.99. The molecule has 3 atom stereocenters. The highest BCUT2D eigenvalue weighted by Gasteiger charge is 2.19. The van der Waals surface area contributed by atoms with E-state index in [1.165, 1.54) is 12.2 Å². The lowest BCUT2D eigenvalue weighted by Gasteiger charge is -2.29. The molecule has 0 rings (SSSR count).